The molecule has 1 heterocycles. The van der Waals surface area contributed by atoms with Gasteiger partial charge >= 0.3 is 0 Å². The van der Waals surface area contributed by atoms with Gasteiger partial charge in [0, 0.05) is 18.8 Å². The molecule has 1 unspecified atom stereocenters. The molecule has 0 amide bonds. The third-order valence-electron chi connectivity index (χ3n) is 4.18. The van der Waals surface area contributed by atoms with E-state index in [9.17, 15) is 14.8 Å². The van der Waals surface area contributed by atoms with Crippen LogP contribution in [-0.4, -0.2) is 18.3 Å². The fourth-order valence-corrected chi connectivity index (χ4v) is 2.92. The molecule has 0 aromatic heterocycles. The highest BCUT2D eigenvalue weighted by Crippen LogP contribution is 2.49. The lowest BCUT2D eigenvalue weighted by atomic mass is 9.63. The number of benzene rings is 1. The summed E-state index contributed by atoms with van der Waals surface area (Å²) in [7, 11) is 0. The van der Waals surface area contributed by atoms with Gasteiger partial charge in [0.2, 0.25) is 0 Å². The molecular weight excluding hydrogens is 245 g/mol. The van der Waals surface area contributed by atoms with Gasteiger partial charge in [-0.15, -0.1) is 0 Å². The normalized spacial score (nSPS) is 21.4. The maximum atomic E-state index is 14.0. The molecule has 0 spiro atoms. The lowest BCUT2D eigenvalue weighted by Crippen LogP contribution is -2.48. The highest BCUT2D eigenvalue weighted by molar-refractivity contribution is 5.30. The maximum absolute atomic E-state index is 14.0. The van der Waals surface area contributed by atoms with E-state index in [1.807, 2.05) is 0 Å². The predicted molar refractivity (Wildman–Crippen MR) is 68.7 cm³/mol. The Hall–Kier alpha value is -1.44. The summed E-state index contributed by atoms with van der Waals surface area (Å²) in [4.78, 5) is 0. The summed E-state index contributed by atoms with van der Waals surface area (Å²) in [5, 5.41) is 20.6. The van der Waals surface area contributed by atoms with E-state index in [1.54, 1.807) is 25.1 Å². The van der Waals surface area contributed by atoms with E-state index >= 15 is 0 Å². The first-order valence-electron chi connectivity index (χ1n) is 6.56. The van der Waals surface area contributed by atoms with Crippen molar-refractivity contribution in [1.82, 2.24) is 0 Å². The zero-order valence-corrected chi connectivity index (χ0v) is 11.0. The number of halogens is 1. The van der Waals surface area contributed by atoms with E-state index < -0.39 is 16.8 Å². The summed E-state index contributed by atoms with van der Waals surface area (Å²) in [6, 6.07) is 8.39. The molecule has 1 saturated heterocycles. The molecule has 0 aliphatic carbocycles. The molecular formula is C15H18FNO2. The topological polar surface area (TPSA) is 53.2 Å². The minimum atomic E-state index is -1.48. The van der Waals surface area contributed by atoms with E-state index in [0.29, 0.717) is 32.5 Å². The van der Waals surface area contributed by atoms with Crippen molar-refractivity contribution in [3.05, 3.63) is 35.6 Å². The van der Waals surface area contributed by atoms with E-state index in [1.165, 1.54) is 6.07 Å². The molecule has 1 aliphatic rings. The standard InChI is InChI=1S/C15H18FNO2/c1-2-15(18,12-5-3-4-6-13(12)16)14(11-17)7-9-19-10-8-14/h3-6,18H,2,7-10H2,1H3. The second kappa shape index (κ2) is 5.28. The fraction of sp³-hybridized carbons (Fsp3) is 0.533. The van der Waals surface area contributed by atoms with Crippen molar-refractivity contribution < 1.29 is 14.2 Å². The van der Waals surface area contributed by atoms with Crippen molar-refractivity contribution in [2.75, 3.05) is 13.2 Å². The average Bonchev–Trinajstić information content (AvgIpc) is 2.47. The van der Waals surface area contributed by atoms with Gasteiger partial charge in [0.15, 0.2) is 0 Å². The Morgan fingerprint density at radius 2 is 2.05 bits per heavy atom. The minimum Gasteiger partial charge on any atom is -0.383 e. The minimum absolute atomic E-state index is 0.209. The van der Waals surface area contributed by atoms with Gasteiger partial charge in [-0.25, -0.2) is 4.39 Å². The van der Waals surface area contributed by atoms with E-state index in [4.69, 9.17) is 4.74 Å². The van der Waals surface area contributed by atoms with Crippen molar-refractivity contribution in [3.8, 4) is 6.07 Å². The molecule has 1 atom stereocenters. The Bertz CT molecular complexity index is 491. The maximum Gasteiger partial charge on any atom is 0.129 e. The summed E-state index contributed by atoms with van der Waals surface area (Å²) in [5.41, 5.74) is -2.25. The molecule has 0 bridgehead atoms. The van der Waals surface area contributed by atoms with Crippen molar-refractivity contribution in [1.29, 1.82) is 5.26 Å². The van der Waals surface area contributed by atoms with Gasteiger partial charge < -0.3 is 9.84 Å². The van der Waals surface area contributed by atoms with Gasteiger partial charge in [0.05, 0.1) is 11.5 Å². The monoisotopic (exact) mass is 263 g/mol. The number of nitrogens with zero attached hydrogens (tertiary/aromatic N) is 1. The van der Waals surface area contributed by atoms with Crippen LogP contribution in [0.2, 0.25) is 0 Å². The highest BCUT2D eigenvalue weighted by atomic mass is 19.1. The van der Waals surface area contributed by atoms with E-state index in [-0.39, 0.29) is 5.56 Å². The van der Waals surface area contributed by atoms with Crippen molar-refractivity contribution >= 4 is 0 Å². The van der Waals surface area contributed by atoms with Crippen LogP contribution in [0.25, 0.3) is 0 Å². The van der Waals surface area contributed by atoms with Crippen molar-refractivity contribution in [2.45, 2.75) is 31.8 Å². The van der Waals surface area contributed by atoms with E-state index in [2.05, 4.69) is 6.07 Å². The number of nitriles is 1. The van der Waals surface area contributed by atoms with Crippen LogP contribution in [0.5, 0.6) is 0 Å². The molecule has 0 saturated carbocycles. The highest BCUT2D eigenvalue weighted by Gasteiger charge is 2.52. The molecule has 2 rings (SSSR count). The first kappa shape index (κ1) is 14.0. The first-order valence-corrected chi connectivity index (χ1v) is 6.56. The van der Waals surface area contributed by atoms with Gasteiger partial charge in [-0.2, -0.15) is 5.26 Å². The Morgan fingerprint density at radius 3 is 2.58 bits per heavy atom. The Morgan fingerprint density at radius 1 is 1.42 bits per heavy atom. The van der Waals surface area contributed by atoms with Crippen LogP contribution in [0.1, 0.15) is 31.7 Å². The lowest BCUT2D eigenvalue weighted by Gasteiger charge is -2.44. The first-order chi connectivity index (χ1) is 9.09. The third-order valence-corrected chi connectivity index (χ3v) is 4.18. The van der Waals surface area contributed by atoms with Crippen molar-refractivity contribution in [2.24, 2.45) is 5.41 Å². The SMILES string of the molecule is CCC(O)(c1ccccc1F)C1(C#N)CCOCC1. The molecule has 3 nitrogen and oxygen atoms in total. The third kappa shape index (κ3) is 2.13. The Labute approximate surface area is 112 Å². The molecule has 0 radical (unpaired) electrons. The molecule has 19 heavy (non-hydrogen) atoms. The second-order valence-electron chi connectivity index (χ2n) is 5.00. The average molecular weight is 263 g/mol. The summed E-state index contributed by atoms with van der Waals surface area (Å²) >= 11 is 0. The number of hydrogen-bond acceptors (Lipinski definition) is 3. The molecule has 1 N–H and O–H groups in total. The molecule has 1 aliphatic heterocycles. The van der Waals surface area contributed by atoms with Crippen molar-refractivity contribution in [3.63, 3.8) is 0 Å². The summed E-state index contributed by atoms with van der Waals surface area (Å²) in [6.45, 7) is 2.62. The van der Waals surface area contributed by atoms with Crippen LogP contribution in [0.4, 0.5) is 4.39 Å². The zero-order valence-electron chi connectivity index (χ0n) is 11.0. The summed E-state index contributed by atoms with van der Waals surface area (Å²) in [5.74, 6) is -0.465. The van der Waals surface area contributed by atoms with Crippen LogP contribution in [0, 0.1) is 22.6 Å². The van der Waals surface area contributed by atoms with Gasteiger partial charge in [-0.05, 0) is 25.3 Å². The van der Waals surface area contributed by atoms with E-state index in [0.717, 1.165) is 0 Å². The molecule has 4 heteroatoms. The number of rotatable bonds is 3. The second-order valence-corrected chi connectivity index (χ2v) is 5.00. The largest absolute Gasteiger partial charge is 0.383 e. The Kier molecular flexibility index (Phi) is 3.88. The number of ether oxygens (including phenoxy) is 1. The molecule has 1 fully saturated rings. The fourth-order valence-electron chi connectivity index (χ4n) is 2.92. The molecule has 1 aromatic carbocycles. The van der Waals surface area contributed by atoms with Gasteiger partial charge in [-0.3, -0.25) is 0 Å². The van der Waals surface area contributed by atoms with Gasteiger partial charge in [0.25, 0.3) is 0 Å². The summed E-state index contributed by atoms with van der Waals surface area (Å²) in [6.07, 6.45) is 1.13. The smallest absolute Gasteiger partial charge is 0.129 e. The van der Waals surface area contributed by atoms with Crippen LogP contribution in [-0.2, 0) is 10.3 Å². The van der Waals surface area contributed by atoms with Crippen LogP contribution >= 0.6 is 0 Å². The summed E-state index contributed by atoms with van der Waals surface area (Å²) < 4.78 is 19.3. The van der Waals surface area contributed by atoms with Crippen LogP contribution < -0.4 is 0 Å². The number of hydrogen-bond donors (Lipinski definition) is 1. The van der Waals surface area contributed by atoms with Crippen LogP contribution in [0.15, 0.2) is 24.3 Å². The van der Waals surface area contributed by atoms with Crippen LogP contribution in [0.3, 0.4) is 0 Å². The predicted octanol–water partition coefficient (Wildman–Crippen LogP) is 2.74. The molecule has 102 valence electrons. The lowest BCUT2D eigenvalue weighted by molar-refractivity contribution is -0.113. The molecule has 1 aromatic rings. The van der Waals surface area contributed by atoms with Gasteiger partial charge in [0.1, 0.15) is 11.4 Å². The van der Waals surface area contributed by atoms with Gasteiger partial charge in [-0.1, -0.05) is 25.1 Å². The zero-order chi connectivity index (χ0) is 13.9. The number of aliphatic hydroxyl groups is 1. The quantitative estimate of drug-likeness (QED) is 0.912. The Balaban J connectivity index is 2.53.